The van der Waals surface area contributed by atoms with Crippen molar-refractivity contribution in [3.05, 3.63) is 71.8 Å². The van der Waals surface area contributed by atoms with Crippen LogP contribution in [0, 0.1) is 0 Å². The molecule has 0 aromatic heterocycles. The molecule has 0 radical (unpaired) electrons. The Morgan fingerprint density at radius 1 is 0.905 bits per heavy atom. The van der Waals surface area contributed by atoms with Gasteiger partial charge in [-0.2, -0.15) is 0 Å². The van der Waals surface area contributed by atoms with Gasteiger partial charge in [0.25, 0.3) is 0 Å². The van der Waals surface area contributed by atoms with Gasteiger partial charge in [0.05, 0.1) is 6.04 Å². The second-order valence-electron chi connectivity index (χ2n) is 4.79. The van der Waals surface area contributed by atoms with Crippen LogP contribution >= 0.6 is 0 Å². The molecule has 0 heterocycles. The van der Waals surface area contributed by atoms with Gasteiger partial charge in [-0.3, -0.25) is 4.79 Å². The number of hydrogen-bond acceptors (Lipinski definition) is 2. The first-order valence-electron chi connectivity index (χ1n) is 6.56. The Morgan fingerprint density at radius 3 is 1.95 bits per heavy atom. The molecule has 0 fully saturated rings. The van der Waals surface area contributed by atoms with Crippen LogP contribution in [0.3, 0.4) is 0 Å². The molecule has 4 nitrogen and oxygen atoms in total. The van der Waals surface area contributed by atoms with Crippen molar-refractivity contribution in [1.82, 2.24) is 5.32 Å². The van der Waals surface area contributed by atoms with Crippen LogP contribution in [0.4, 0.5) is 0 Å². The van der Waals surface area contributed by atoms with Gasteiger partial charge in [-0.15, -0.1) is 0 Å². The van der Waals surface area contributed by atoms with Crippen molar-refractivity contribution in [2.24, 2.45) is 0 Å². The fourth-order valence-corrected chi connectivity index (χ4v) is 2.65. The molecule has 1 aliphatic rings. The molecular weight excluding hydrogens is 266 g/mol. The van der Waals surface area contributed by atoms with Crippen LogP contribution in [0.15, 0.2) is 60.7 Å². The number of carboxylic acids is 1. The van der Waals surface area contributed by atoms with E-state index in [-0.39, 0.29) is 6.04 Å². The van der Waals surface area contributed by atoms with Gasteiger partial charge in [-0.1, -0.05) is 48.5 Å². The molecule has 0 atom stereocenters. The number of carbonyl (C=O) groups excluding carboxylic acids is 1. The minimum Gasteiger partial charge on any atom is -0.478 e. The molecule has 2 N–H and O–H groups in total. The lowest BCUT2D eigenvalue weighted by Crippen LogP contribution is -2.26. The summed E-state index contributed by atoms with van der Waals surface area (Å²) in [4.78, 5) is 22.3. The molecule has 2 aromatic rings. The van der Waals surface area contributed by atoms with Crippen molar-refractivity contribution < 1.29 is 14.7 Å². The maximum absolute atomic E-state index is 11.9. The van der Waals surface area contributed by atoms with E-state index in [1.54, 1.807) is 0 Å². The van der Waals surface area contributed by atoms with E-state index in [4.69, 9.17) is 5.11 Å². The van der Waals surface area contributed by atoms with Gasteiger partial charge in [0.15, 0.2) is 0 Å². The molecule has 0 saturated heterocycles. The summed E-state index contributed by atoms with van der Waals surface area (Å²) in [6, 6.07) is 15.5. The minimum atomic E-state index is -1.14. The van der Waals surface area contributed by atoms with Gasteiger partial charge in [0, 0.05) is 12.2 Å². The SMILES string of the molecule is O=C(O)/C=C/C(=O)NC1c2ccccc2-c2ccccc21. The van der Waals surface area contributed by atoms with Gasteiger partial charge in [-0.05, 0) is 22.3 Å². The van der Waals surface area contributed by atoms with Crippen molar-refractivity contribution in [2.75, 3.05) is 0 Å². The average molecular weight is 279 g/mol. The second-order valence-corrected chi connectivity index (χ2v) is 4.79. The van der Waals surface area contributed by atoms with Crippen LogP contribution < -0.4 is 5.32 Å². The van der Waals surface area contributed by atoms with Crippen molar-refractivity contribution in [2.45, 2.75) is 6.04 Å². The Balaban J connectivity index is 1.96. The van der Waals surface area contributed by atoms with Crippen molar-refractivity contribution >= 4 is 11.9 Å². The van der Waals surface area contributed by atoms with E-state index in [1.165, 1.54) is 0 Å². The highest BCUT2D eigenvalue weighted by molar-refractivity contribution is 5.95. The summed E-state index contributed by atoms with van der Waals surface area (Å²) < 4.78 is 0. The van der Waals surface area contributed by atoms with Crippen LogP contribution in [0.25, 0.3) is 11.1 Å². The molecule has 104 valence electrons. The molecule has 1 aliphatic carbocycles. The van der Waals surface area contributed by atoms with Gasteiger partial charge in [0.1, 0.15) is 0 Å². The summed E-state index contributed by atoms with van der Waals surface area (Å²) >= 11 is 0. The van der Waals surface area contributed by atoms with Crippen LogP contribution in [0.2, 0.25) is 0 Å². The summed E-state index contributed by atoms with van der Waals surface area (Å²) in [6.45, 7) is 0. The Hall–Kier alpha value is -2.88. The topological polar surface area (TPSA) is 66.4 Å². The lowest BCUT2D eigenvalue weighted by molar-refractivity contribution is -0.131. The number of amides is 1. The number of rotatable bonds is 3. The number of benzene rings is 2. The smallest absolute Gasteiger partial charge is 0.328 e. The lowest BCUT2D eigenvalue weighted by Gasteiger charge is -2.14. The summed E-state index contributed by atoms with van der Waals surface area (Å²) in [5, 5.41) is 11.4. The van der Waals surface area contributed by atoms with E-state index >= 15 is 0 Å². The van der Waals surface area contributed by atoms with Gasteiger partial charge in [0.2, 0.25) is 5.91 Å². The third-order valence-corrected chi connectivity index (χ3v) is 3.50. The summed E-state index contributed by atoms with van der Waals surface area (Å²) in [5.41, 5.74) is 4.24. The molecule has 0 aliphatic heterocycles. The van der Waals surface area contributed by atoms with E-state index in [9.17, 15) is 9.59 Å². The molecule has 0 saturated carbocycles. The highest BCUT2D eigenvalue weighted by atomic mass is 16.4. The number of nitrogens with one attached hydrogen (secondary N) is 1. The lowest BCUT2D eigenvalue weighted by atomic mass is 10.1. The highest BCUT2D eigenvalue weighted by Crippen LogP contribution is 2.42. The zero-order valence-electron chi connectivity index (χ0n) is 11.1. The molecule has 3 rings (SSSR count). The zero-order valence-corrected chi connectivity index (χ0v) is 11.1. The summed E-state index contributed by atoms with van der Waals surface area (Å²) in [7, 11) is 0. The van der Waals surface area contributed by atoms with E-state index in [2.05, 4.69) is 5.32 Å². The second kappa shape index (κ2) is 5.25. The van der Waals surface area contributed by atoms with E-state index in [0.717, 1.165) is 34.4 Å². The monoisotopic (exact) mass is 279 g/mol. The van der Waals surface area contributed by atoms with Crippen LogP contribution in [-0.2, 0) is 9.59 Å². The number of carboxylic acid groups (broad SMARTS) is 1. The van der Waals surface area contributed by atoms with E-state index in [0.29, 0.717) is 0 Å². The fraction of sp³-hybridized carbons (Fsp3) is 0.0588. The third kappa shape index (κ3) is 2.43. The van der Waals surface area contributed by atoms with Gasteiger partial charge >= 0.3 is 5.97 Å². The normalized spacial score (nSPS) is 13.0. The number of aliphatic carboxylic acids is 1. The molecule has 2 aromatic carbocycles. The fourth-order valence-electron chi connectivity index (χ4n) is 2.65. The standard InChI is InChI=1S/C17H13NO3/c19-15(9-10-16(20)21)18-17-13-7-3-1-5-11(13)12-6-2-4-8-14(12)17/h1-10,17H,(H,18,19)(H,20,21)/b10-9+. The number of carbonyl (C=O) groups is 2. The predicted octanol–water partition coefficient (Wildman–Crippen LogP) is 2.51. The van der Waals surface area contributed by atoms with Gasteiger partial charge < -0.3 is 10.4 Å². The Morgan fingerprint density at radius 2 is 1.43 bits per heavy atom. The first-order valence-corrected chi connectivity index (χ1v) is 6.56. The zero-order chi connectivity index (χ0) is 14.8. The summed E-state index contributed by atoms with van der Waals surface area (Å²) in [5.74, 6) is -1.56. The molecule has 0 spiro atoms. The predicted molar refractivity (Wildman–Crippen MR) is 78.6 cm³/mol. The third-order valence-electron chi connectivity index (χ3n) is 3.50. The van der Waals surface area contributed by atoms with Crippen molar-refractivity contribution in [3.63, 3.8) is 0 Å². The largest absolute Gasteiger partial charge is 0.478 e. The molecule has 0 unspecified atom stereocenters. The quantitative estimate of drug-likeness (QED) is 0.848. The Bertz CT molecular complexity index is 704. The van der Waals surface area contributed by atoms with Crippen LogP contribution in [0.1, 0.15) is 17.2 Å². The van der Waals surface area contributed by atoms with Crippen LogP contribution in [0.5, 0.6) is 0 Å². The maximum atomic E-state index is 11.9. The molecule has 4 heteroatoms. The van der Waals surface area contributed by atoms with E-state index in [1.807, 2.05) is 48.5 Å². The van der Waals surface area contributed by atoms with Crippen LogP contribution in [-0.4, -0.2) is 17.0 Å². The molecular formula is C17H13NO3. The number of fused-ring (bicyclic) bond motifs is 3. The average Bonchev–Trinajstić information content (AvgIpc) is 2.80. The Labute approximate surface area is 121 Å². The van der Waals surface area contributed by atoms with E-state index < -0.39 is 11.9 Å². The molecule has 0 bridgehead atoms. The summed E-state index contributed by atoms with van der Waals surface area (Å²) in [6.07, 6.45) is 1.87. The molecule has 1 amide bonds. The molecule has 21 heavy (non-hydrogen) atoms. The van der Waals surface area contributed by atoms with Crippen molar-refractivity contribution in [1.29, 1.82) is 0 Å². The maximum Gasteiger partial charge on any atom is 0.328 e. The number of hydrogen-bond donors (Lipinski definition) is 2. The Kier molecular flexibility index (Phi) is 3.28. The van der Waals surface area contributed by atoms with Gasteiger partial charge in [-0.25, -0.2) is 4.79 Å². The first kappa shape index (κ1) is 13.1. The van der Waals surface area contributed by atoms with Crippen molar-refractivity contribution in [3.8, 4) is 11.1 Å². The first-order chi connectivity index (χ1) is 10.2. The highest BCUT2D eigenvalue weighted by Gasteiger charge is 2.28. The minimum absolute atomic E-state index is 0.247.